The van der Waals surface area contributed by atoms with Crippen LogP contribution in [0.25, 0.3) is 0 Å². The van der Waals surface area contributed by atoms with Gasteiger partial charge in [-0.1, -0.05) is 0 Å². The van der Waals surface area contributed by atoms with Crippen LogP contribution >= 0.6 is 11.8 Å². The quantitative estimate of drug-likeness (QED) is 0.730. The first-order chi connectivity index (χ1) is 5.70. The maximum absolute atomic E-state index is 10.5. The van der Waals surface area contributed by atoms with E-state index in [9.17, 15) is 4.79 Å². The van der Waals surface area contributed by atoms with Crippen LogP contribution < -0.4 is 0 Å². The zero-order valence-electron chi connectivity index (χ0n) is 7.16. The number of ether oxygens (including phenoxy) is 1. The molecule has 1 N–H and O–H groups in total. The van der Waals surface area contributed by atoms with Crippen molar-refractivity contribution in [3.8, 4) is 0 Å². The van der Waals surface area contributed by atoms with Crippen molar-refractivity contribution in [2.24, 2.45) is 0 Å². The Morgan fingerprint density at radius 3 is 2.67 bits per heavy atom. The molecule has 0 bridgehead atoms. The number of carbonyl (C=O) groups is 1. The highest BCUT2D eigenvalue weighted by atomic mass is 32.2. The fraction of sp³-hybridized carbons (Fsp3) is 0.875. The molecule has 0 saturated carbocycles. The van der Waals surface area contributed by atoms with Crippen LogP contribution in [0, 0.1) is 0 Å². The Balaban J connectivity index is 2.24. The van der Waals surface area contributed by atoms with Crippen molar-refractivity contribution in [1.29, 1.82) is 0 Å². The lowest BCUT2D eigenvalue weighted by molar-refractivity contribution is -0.136. The average molecular weight is 190 g/mol. The van der Waals surface area contributed by atoms with Gasteiger partial charge in [0.25, 0.3) is 0 Å². The van der Waals surface area contributed by atoms with Gasteiger partial charge in [0.2, 0.25) is 0 Å². The van der Waals surface area contributed by atoms with Gasteiger partial charge in [0.15, 0.2) is 0 Å². The van der Waals surface area contributed by atoms with Gasteiger partial charge in [-0.25, -0.2) is 0 Å². The Morgan fingerprint density at radius 2 is 2.17 bits per heavy atom. The van der Waals surface area contributed by atoms with E-state index in [4.69, 9.17) is 9.84 Å². The summed E-state index contributed by atoms with van der Waals surface area (Å²) in [4.78, 5) is 10.5. The van der Waals surface area contributed by atoms with Crippen molar-refractivity contribution in [1.82, 2.24) is 0 Å². The van der Waals surface area contributed by atoms with E-state index in [1.54, 1.807) is 18.7 Å². The SMILES string of the molecule is CC(SC1CCOCC1)C(=O)O. The van der Waals surface area contributed by atoms with E-state index in [2.05, 4.69) is 0 Å². The van der Waals surface area contributed by atoms with Gasteiger partial charge < -0.3 is 9.84 Å². The van der Waals surface area contributed by atoms with Crippen LogP contribution in [-0.2, 0) is 9.53 Å². The van der Waals surface area contributed by atoms with Gasteiger partial charge in [-0.15, -0.1) is 11.8 Å². The van der Waals surface area contributed by atoms with Crippen molar-refractivity contribution in [3.63, 3.8) is 0 Å². The van der Waals surface area contributed by atoms with Crippen molar-refractivity contribution in [2.45, 2.75) is 30.3 Å². The van der Waals surface area contributed by atoms with Gasteiger partial charge >= 0.3 is 5.97 Å². The summed E-state index contributed by atoms with van der Waals surface area (Å²) in [7, 11) is 0. The zero-order valence-corrected chi connectivity index (χ0v) is 7.97. The number of thioether (sulfide) groups is 1. The first-order valence-electron chi connectivity index (χ1n) is 4.16. The Hall–Kier alpha value is -0.220. The number of rotatable bonds is 3. The van der Waals surface area contributed by atoms with E-state index in [1.807, 2.05) is 0 Å². The average Bonchev–Trinajstić information content (AvgIpc) is 2.06. The molecular weight excluding hydrogens is 176 g/mol. The van der Waals surface area contributed by atoms with Crippen LogP contribution in [0.15, 0.2) is 0 Å². The summed E-state index contributed by atoms with van der Waals surface area (Å²) in [5.41, 5.74) is 0. The summed E-state index contributed by atoms with van der Waals surface area (Å²) >= 11 is 1.55. The van der Waals surface area contributed by atoms with E-state index < -0.39 is 5.97 Å². The minimum Gasteiger partial charge on any atom is -0.480 e. The second-order valence-corrected chi connectivity index (χ2v) is 4.57. The fourth-order valence-electron chi connectivity index (χ4n) is 1.16. The molecule has 1 atom stereocenters. The molecule has 1 rings (SSSR count). The van der Waals surface area contributed by atoms with Gasteiger partial charge in [-0.05, 0) is 19.8 Å². The second-order valence-electron chi connectivity index (χ2n) is 2.93. The summed E-state index contributed by atoms with van der Waals surface area (Å²) in [6.45, 7) is 3.30. The molecule has 1 heterocycles. The third-order valence-corrected chi connectivity index (χ3v) is 3.38. The van der Waals surface area contributed by atoms with E-state index >= 15 is 0 Å². The minimum absolute atomic E-state index is 0.284. The van der Waals surface area contributed by atoms with Gasteiger partial charge in [-0.3, -0.25) is 4.79 Å². The van der Waals surface area contributed by atoms with Crippen molar-refractivity contribution < 1.29 is 14.6 Å². The van der Waals surface area contributed by atoms with Crippen LogP contribution in [0.3, 0.4) is 0 Å². The van der Waals surface area contributed by atoms with Crippen molar-refractivity contribution >= 4 is 17.7 Å². The molecule has 70 valence electrons. The second kappa shape index (κ2) is 4.72. The molecule has 0 aliphatic carbocycles. The van der Waals surface area contributed by atoms with E-state index in [1.165, 1.54) is 0 Å². The molecule has 0 radical (unpaired) electrons. The number of aliphatic carboxylic acids is 1. The highest BCUT2D eigenvalue weighted by Gasteiger charge is 2.20. The molecule has 1 fully saturated rings. The molecule has 0 aromatic heterocycles. The normalized spacial score (nSPS) is 22.1. The third-order valence-electron chi connectivity index (χ3n) is 1.91. The molecule has 0 aromatic rings. The van der Waals surface area contributed by atoms with Crippen LogP contribution in [0.4, 0.5) is 0 Å². The number of carboxylic acids is 1. The first-order valence-corrected chi connectivity index (χ1v) is 5.10. The third kappa shape index (κ3) is 3.03. The molecular formula is C8H14O3S. The highest BCUT2D eigenvalue weighted by molar-refractivity contribution is 8.01. The monoisotopic (exact) mass is 190 g/mol. The van der Waals surface area contributed by atoms with Gasteiger partial charge in [0, 0.05) is 18.5 Å². The van der Waals surface area contributed by atoms with Gasteiger partial charge in [0.05, 0.1) is 5.25 Å². The predicted molar refractivity (Wildman–Crippen MR) is 48.5 cm³/mol. The molecule has 1 saturated heterocycles. The van der Waals surface area contributed by atoms with E-state index in [0.29, 0.717) is 5.25 Å². The molecule has 0 spiro atoms. The lowest BCUT2D eigenvalue weighted by Crippen LogP contribution is -2.22. The summed E-state index contributed by atoms with van der Waals surface area (Å²) in [6, 6.07) is 0. The highest BCUT2D eigenvalue weighted by Crippen LogP contribution is 2.25. The molecule has 4 heteroatoms. The number of carboxylic acid groups (broad SMARTS) is 1. The first kappa shape index (κ1) is 9.86. The number of hydrogen-bond acceptors (Lipinski definition) is 3. The topological polar surface area (TPSA) is 46.5 Å². The maximum atomic E-state index is 10.5. The van der Waals surface area contributed by atoms with Crippen LogP contribution in [0.1, 0.15) is 19.8 Å². The zero-order chi connectivity index (χ0) is 8.97. The number of hydrogen-bond donors (Lipinski definition) is 1. The Bertz CT molecular complexity index is 154. The molecule has 1 aliphatic heterocycles. The van der Waals surface area contributed by atoms with E-state index in [-0.39, 0.29) is 5.25 Å². The fourth-order valence-corrected chi connectivity index (χ4v) is 2.32. The van der Waals surface area contributed by atoms with Crippen LogP contribution in [-0.4, -0.2) is 34.8 Å². The van der Waals surface area contributed by atoms with Crippen LogP contribution in [0.2, 0.25) is 0 Å². The molecule has 0 aromatic carbocycles. The predicted octanol–water partition coefficient (Wildman–Crippen LogP) is 1.37. The summed E-state index contributed by atoms with van der Waals surface area (Å²) in [5.74, 6) is -0.716. The lowest BCUT2D eigenvalue weighted by atomic mass is 10.2. The molecule has 1 aliphatic rings. The smallest absolute Gasteiger partial charge is 0.316 e. The van der Waals surface area contributed by atoms with Gasteiger partial charge in [0.1, 0.15) is 0 Å². The van der Waals surface area contributed by atoms with Gasteiger partial charge in [-0.2, -0.15) is 0 Å². The Morgan fingerprint density at radius 1 is 1.58 bits per heavy atom. The summed E-state index contributed by atoms with van der Waals surface area (Å²) in [6.07, 6.45) is 1.98. The molecule has 1 unspecified atom stereocenters. The van der Waals surface area contributed by atoms with Crippen molar-refractivity contribution in [2.75, 3.05) is 13.2 Å². The van der Waals surface area contributed by atoms with Crippen molar-refractivity contribution in [3.05, 3.63) is 0 Å². The minimum atomic E-state index is -0.716. The molecule has 0 amide bonds. The molecule has 3 nitrogen and oxygen atoms in total. The largest absolute Gasteiger partial charge is 0.480 e. The maximum Gasteiger partial charge on any atom is 0.316 e. The Kier molecular flexibility index (Phi) is 3.88. The lowest BCUT2D eigenvalue weighted by Gasteiger charge is -2.22. The summed E-state index contributed by atoms with van der Waals surface area (Å²) in [5, 5.41) is 8.85. The standard InChI is InChI=1S/C8H14O3S/c1-6(8(9)10)12-7-2-4-11-5-3-7/h6-7H,2-5H2,1H3,(H,9,10). The molecule has 12 heavy (non-hydrogen) atoms. The van der Waals surface area contributed by atoms with E-state index in [0.717, 1.165) is 26.1 Å². The Labute approximate surface area is 76.5 Å². The summed E-state index contributed by atoms with van der Waals surface area (Å²) < 4.78 is 5.18. The van der Waals surface area contributed by atoms with Crippen LogP contribution in [0.5, 0.6) is 0 Å².